The molecule has 176 valence electrons. The Morgan fingerprint density at radius 3 is 2.51 bits per heavy atom. The number of aliphatic imine (C=N–C) groups is 1. The highest BCUT2D eigenvalue weighted by Crippen LogP contribution is 2.32. The second-order valence-corrected chi connectivity index (χ2v) is 9.25. The molecule has 5 rings (SSSR count). The summed E-state index contributed by atoms with van der Waals surface area (Å²) in [5, 5.41) is 17.5. The number of hydrogen-bond donors (Lipinski definition) is 1. The van der Waals surface area contributed by atoms with Crippen molar-refractivity contribution in [3.8, 4) is 17.2 Å². The number of ether oxygens (including phenoxy) is 3. The zero-order chi connectivity index (χ0) is 24.2. The van der Waals surface area contributed by atoms with E-state index < -0.39 is 5.91 Å². The minimum atomic E-state index is -0.452. The minimum Gasteiger partial charge on any atom is -0.497 e. The third kappa shape index (κ3) is 5.13. The molecule has 0 radical (unpaired) electrons. The van der Waals surface area contributed by atoms with E-state index in [1.165, 1.54) is 16.8 Å². The number of amidine groups is 2. The van der Waals surface area contributed by atoms with Crippen molar-refractivity contribution in [1.82, 2.24) is 5.01 Å². The number of amides is 1. The summed E-state index contributed by atoms with van der Waals surface area (Å²) in [5.41, 5.74) is 0.942. The van der Waals surface area contributed by atoms with Gasteiger partial charge in [-0.25, -0.2) is 0 Å². The molecule has 2 aromatic carbocycles. The molecule has 0 aliphatic carbocycles. The maximum absolute atomic E-state index is 12.6. The molecule has 10 heteroatoms. The number of nitrogens with one attached hydrogen (secondary N) is 1. The van der Waals surface area contributed by atoms with Crippen molar-refractivity contribution in [2.24, 2.45) is 10.1 Å². The summed E-state index contributed by atoms with van der Waals surface area (Å²) in [6.45, 7) is 0.752. The molecular weight excluding hydrogens is 484 g/mol. The zero-order valence-corrected chi connectivity index (χ0v) is 20.3. The molecule has 1 N–H and O–H groups in total. The van der Waals surface area contributed by atoms with Crippen LogP contribution in [0.3, 0.4) is 0 Å². The first-order valence-electron chi connectivity index (χ1n) is 10.6. The van der Waals surface area contributed by atoms with Gasteiger partial charge in [0.15, 0.2) is 5.84 Å². The molecule has 1 aromatic heterocycles. The molecule has 0 atom stereocenters. The Balaban J connectivity index is 1.20. The summed E-state index contributed by atoms with van der Waals surface area (Å²) < 4.78 is 16.6. The van der Waals surface area contributed by atoms with Gasteiger partial charge >= 0.3 is 0 Å². The number of nitrogens with zero attached hydrogens (tertiary/aromatic N) is 3. The van der Waals surface area contributed by atoms with Gasteiger partial charge in [-0.3, -0.25) is 10.2 Å². The van der Waals surface area contributed by atoms with E-state index in [-0.39, 0.29) is 11.4 Å². The third-order valence-corrected chi connectivity index (χ3v) is 6.99. The number of hydrazone groups is 1. The number of methoxy groups -OCH3 is 1. The van der Waals surface area contributed by atoms with Gasteiger partial charge in [0.1, 0.15) is 35.5 Å². The number of carbonyl (C=O) groups is 1. The van der Waals surface area contributed by atoms with Gasteiger partial charge in [-0.05, 0) is 59.1 Å². The van der Waals surface area contributed by atoms with Crippen molar-refractivity contribution < 1.29 is 19.0 Å². The average molecular weight is 505 g/mol. The van der Waals surface area contributed by atoms with Crippen molar-refractivity contribution in [3.63, 3.8) is 0 Å². The molecular formula is C25H20N4O4S2. The normalized spacial score (nSPS) is 16.1. The molecule has 0 unspecified atom stereocenters. The number of carbonyl (C=O) groups excluding carboxylic acids is 1. The van der Waals surface area contributed by atoms with E-state index in [9.17, 15) is 4.79 Å². The van der Waals surface area contributed by atoms with Crippen LogP contribution in [0.15, 0.2) is 81.7 Å². The number of rotatable bonds is 8. The van der Waals surface area contributed by atoms with E-state index in [1.54, 1.807) is 24.5 Å². The predicted molar refractivity (Wildman–Crippen MR) is 139 cm³/mol. The van der Waals surface area contributed by atoms with Crippen molar-refractivity contribution in [3.05, 3.63) is 82.1 Å². The van der Waals surface area contributed by atoms with Crippen LogP contribution in [0.5, 0.6) is 17.2 Å². The standard InChI is InChI=1S/C25H20N4O4S2/c1-31-18-4-2-5-19(15-18)33-12-11-32-17-9-7-16(8-10-17)14-20-22(26)29-25(27-23(20)30)35-24(28-29)21-6-3-13-34-21/h2-10,13-15,26H,11-12H2,1H3/b20-14-,26-22?. The van der Waals surface area contributed by atoms with Gasteiger partial charge in [-0.1, -0.05) is 24.3 Å². The van der Waals surface area contributed by atoms with Crippen molar-refractivity contribution in [2.45, 2.75) is 0 Å². The molecule has 35 heavy (non-hydrogen) atoms. The monoisotopic (exact) mass is 504 g/mol. The first kappa shape index (κ1) is 22.9. The second-order valence-electron chi connectivity index (χ2n) is 7.35. The first-order chi connectivity index (χ1) is 17.1. The lowest BCUT2D eigenvalue weighted by atomic mass is 10.1. The van der Waals surface area contributed by atoms with Crippen LogP contribution in [0.4, 0.5) is 0 Å². The van der Waals surface area contributed by atoms with Crippen molar-refractivity contribution in [1.29, 1.82) is 5.41 Å². The zero-order valence-electron chi connectivity index (χ0n) is 18.6. The number of fused-ring (bicyclic) bond motifs is 1. The topological polar surface area (TPSA) is 96.6 Å². The van der Waals surface area contributed by atoms with E-state index >= 15 is 0 Å². The number of hydrogen-bond acceptors (Lipinski definition) is 8. The van der Waals surface area contributed by atoms with Crippen LogP contribution in [0.25, 0.3) is 6.08 Å². The van der Waals surface area contributed by atoms with Gasteiger partial charge in [-0.15, -0.1) is 11.3 Å². The summed E-state index contributed by atoms with van der Waals surface area (Å²) in [7, 11) is 1.61. The Morgan fingerprint density at radius 1 is 1.00 bits per heavy atom. The third-order valence-electron chi connectivity index (χ3n) is 5.04. The lowest BCUT2D eigenvalue weighted by molar-refractivity contribution is -0.114. The molecule has 2 aliphatic rings. The van der Waals surface area contributed by atoms with E-state index in [0.717, 1.165) is 21.2 Å². The smallest absolute Gasteiger partial charge is 0.283 e. The van der Waals surface area contributed by atoms with Crippen LogP contribution >= 0.6 is 23.1 Å². The molecule has 0 spiro atoms. The van der Waals surface area contributed by atoms with E-state index in [2.05, 4.69) is 10.1 Å². The van der Waals surface area contributed by atoms with Gasteiger partial charge in [0.25, 0.3) is 5.91 Å². The number of thiophene rings is 1. The quantitative estimate of drug-likeness (QED) is 0.347. The van der Waals surface area contributed by atoms with Crippen LogP contribution in [-0.2, 0) is 4.79 Å². The van der Waals surface area contributed by atoms with Gasteiger partial charge in [-0.2, -0.15) is 15.1 Å². The van der Waals surface area contributed by atoms with Crippen molar-refractivity contribution in [2.75, 3.05) is 20.3 Å². The van der Waals surface area contributed by atoms with E-state index in [1.807, 2.05) is 66.0 Å². The Labute approximate surface area is 210 Å². The maximum atomic E-state index is 12.6. The van der Waals surface area contributed by atoms with Gasteiger partial charge in [0.05, 0.1) is 17.6 Å². The van der Waals surface area contributed by atoms with Crippen LogP contribution in [0.1, 0.15) is 10.4 Å². The van der Waals surface area contributed by atoms with Crippen LogP contribution in [0, 0.1) is 5.41 Å². The lowest BCUT2D eigenvalue weighted by Gasteiger charge is -2.20. The predicted octanol–water partition coefficient (Wildman–Crippen LogP) is 4.88. The summed E-state index contributed by atoms with van der Waals surface area (Å²) in [5.74, 6) is 1.68. The molecule has 0 saturated heterocycles. The molecule has 0 fully saturated rings. The number of thioether (sulfide) groups is 1. The van der Waals surface area contributed by atoms with Gasteiger partial charge in [0, 0.05) is 6.07 Å². The molecule has 1 amide bonds. The Bertz CT molecular complexity index is 1350. The van der Waals surface area contributed by atoms with Crippen molar-refractivity contribution >= 4 is 51.1 Å². The van der Waals surface area contributed by atoms with Gasteiger partial charge < -0.3 is 14.2 Å². The Kier molecular flexibility index (Phi) is 6.64. The van der Waals surface area contributed by atoms with Crippen LogP contribution in [0.2, 0.25) is 0 Å². The Hall–Kier alpha value is -3.89. The summed E-state index contributed by atoms with van der Waals surface area (Å²) in [6, 6.07) is 18.5. The fourth-order valence-electron chi connectivity index (χ4n) is 3.33. The second kappa shape index (κ2) is 10.2. The number of benzene rings is 2. The van der Waals surface area contributed by atoms with Gasteiger partial charge in [0.2, 0.25) is 5.17 Å². The highest BCUT2D eigenvalue weighted by atomic mass is 32.2. The summed E-state index contributed by atoms with van der Waals surface area (Å²) >= 11 is 2.85. The Morgan fingerprint density at radius 2 is 1.77 bits per heavy atom. The summed E-state index contributed by atoms with van der Waals surface area (Å²) in [4.78, 5) is 17.7. The largest absolute Gasteiger partial charge is 0.497 e. The first-order valence-corrected chi connectivity index (χ1v) is 12.3. The molecule has 8 nitrogen and oxygen atoms in total. The van der Waals surface area contributed by atoms with E-state index in [0.29, 0.717) is 29.9 Å². The minimum absolute atomic E-state index is 0.00840. The van der Waals surface area contributed by atoms with Crippen LogP contribution in [-0.4, -0.2) is 47.3 Å². The lowest BCUT2D eigenvalue weighted by Crippen LogP contribution is -2.35. The fourth-order valence-corrected chi connectivity index (χ4v) is 5.01. The molecule has 2 aliphatic heterocycles. The average Bonchev–Trinajstić information content (AvgIpc) is 3.56. The summed E-state index contributed by atoms with van der Waals surface area (Å²) in [6.07, 6.45) is 1.64. The van der Waals surface area contributed by atoms with Crippen LogP contribution < -0.4 is 14.2 Å². The maximum Gasteiger partial charge on any atom is 0.283 e. The molecule has 3 aromatic rings. The molecule has 3 heterocycles. The van der Waals surface area contributed by atoms with E-state index in [4.69, 9.17) is 19.6 Å². The molecule has 0 bridgehead atoms. The highest BCUT2D eigenvalue weighted by Gasteiger charge is 2.36. The SMILES string of the molecule is COc1cccc(OCCOc2ccc(/C=C3/C(=N)N4N=C(c5cccs5)SC4=NC3=O)cc2)c1. The molecule has 0 saturated carbocycles. The highest BCUT2D eigenvalue weighted by molar-refractivity contribution is 8.27. The fraction of sp³-hybridized carbons (Fsp3) is 0.120.